The van der Waals surface area contributed by atoms with Crippen molar-refractivity contribution in [3.63, 3.8) is 0 Å². The molecule has 6 nitrogen and oxygen atoms in total. The van der Waals surface area contributed by atoms with E-state index in [0.717, 1.165) is 0 Å². The lowest BCUT2D eigenvalue weighted by atomic mass is 9.98. The molecule has 0 saturated carbocycles. The molecule has 1 aliphatic rings. The molecule has 1 rings (SSSR count). The third-order valence-corrected chi connectivity index (χ3v) is 2.87. The second-order valence-electron chi connectivity index (χ2n) is 3.62. The van der Waals surface area contributed by atoms with E-state index in [1.165, 1.54) is 0 Å². The number of ether oxygens (including phenoxy) is 5. The number of methoxy groups -OCH3 is 4. The minimum atomic E-state index is -0.491. The van der Waals surface area contributed by atoms with Gasteiger partial charge in [0.1, 0.15) is 24.4 Å². The lowest BCUT2D eigenvalue weighted by molar-refractivity contribution is -0.300. The van der Waals surface area contributed by atoms with Crippen LogP contribution in [0.4, 0.5) is 0 Å². The molecule has 0 aromatic heterocycles. The maximum absolute atomic E-state index is 5.65. The van der Waals surface area contributed by atoms with Crippen LogP contribution in [-0.2, 0) is 23.7 Å². The average Bonchev–Trinajstić information content (AvgIpc) is 2.35. The highest BCUT2D eigenvalue weighted by Crippen LogP contribution is 2.26. The van der Waals surface area contributed by atoms with Crippen molar-refractivity contribution in [1.29, 1.82) is 0 Å². The molecule has 6 heteroatoms. The van der Waals surface area contributed by atoms with Gasteiger partial charge < -0.3 is 29.4 Å². The maximum Gasteiger partial charge on any atom is 0.186 e. The highest BCUT2D eigenvalue weighted by atomic mass is 16.7. The Balaban J connectivity index is 2.85. The first-order valence-electron chi connectivity index (χ1n) is 5.20. The molecule has 1 fully saturated rings. The van der Waals surface area contributed by atoms with Crippen molar-refractivity contribution >= 4 is 0 Å². The molecule has 0 radical (unpaired) electrons. The third-order valence-electron chi connectivity index (χ3n) is 2.87. The van der Waals surface area contributed by atoms with Gasteiger partial charge in [-0.05, 0) is 0 Å². The van der Waals surface area contributed by atoms with Crippen molar-refractivity contribution in [2.45, 2.75) is 30.7 Å². The Labute approximate surface area is 95.9 Å². The van der Waals surface area contributed by atoms with E-state index in [1.54, 1.807) is 28.4 Å². The molecule has 0 amide bonds. The summed E-state index contributed by atoms with van der Waals surface area (Å²) in [6, 6.07) is 0. The molecule has 16 heavy (non-hydrogen) atoms. The minimum Gasteiger partial charge on any atom is -0.376 e. The Morgan fingerprint density at radius 2 is 1.44 bits per heavy atom. The van der Waals surface area contributed by atoms with Crippen LogP contribution in [0.1, 0.15) is 0 Å². The fourth-order valence-electron chi connectivity index (χ4n) is 2.06. The summed E-state index contributed by atoms with van der Waals surface area (Å²) in [5.74, 6) is 0. The van der Waals surface area contributed by atoms with Crippen molar-refractivity contribution in [2.24, 2.45) is 5.73 Å². The largest absolute Gasteiger partial charge is 0.376 e. The van der Waals surface area contributed by atoms with Crippen LogP contribution in [0.5, 0.6) is 0 Å². The summed E-state index contributed by atoms with van der Waals surface area (Å²) in [6.45, 7) is 0.342. The van der Waals surface area contributed by atoms with E-state index < -0.39 is 6.29 Å². The highest BCUT2D eigenvalue weighted by molar-refractivity contribution is 4.92. The fourth-order valence-corrected chi connectivity index (χ4v) is 2.06. The second-order valence-corrected chi connectivity index (χ2v) is 3.62. The van der Waals surface area contributed by atoms with Gasteiger partial charge in [0.25, 0.3) is 0 Å². The number of hydrogen-bond acceptors (Lipinski definition) is 6. The molecule has 1 unspecified atom stereocenters. The zero-order valence-electron chi connectivity index (χ0n) is 10.2. The van der Waals surface area contributed by atoms with Crippen LogP contribution < -0.4 is 5.73 Å². The summed E-state index contributed by atoms with van der Waals surface area (Å²) in [4.78, 5) is 0. The maximum atomic E-state index is 5.65. The first-order valence-corrected chi connectivity index (χ1v) is 5.20. The van der Waals surface area contributed by atoms with Gasteiger partial charge in [-0.1, -0.05) is 0 Å². The zero-order valence-corrected chi connectivity index (χ0v) is 10.2. The smallest absolute Gasteiger partial charge is 0.186 e. The van der Waals surface area contributed by atoms with Crippen molar-refractivity contribution < 1.29 is 23.7 Å². The van der Waals surface area contributed by atoms with Crippen molar-refractivity contribution in [3.05, 3.63) is 0 Å². The molecule has 0 spiro atoms. The Hall–Kier alpha value is -0.240. The van der Waals surface area contributed by atoms with Crippen LogP contribution in [0.3, 0.4) is 0 Å². The molecule has 5 atom stereocenters. The van der Waals surface area contributed by atoms with Gasteiger partial charge in [0.05, 0.1) is 0 Å². The van der Waals surface area contributed by atoms with Gasteiger partial charge in [-0.2, -0.15) is 0 Å². The van der Waals surface area contributed by atoms with Gasteiger partial charge in [0.2, 0.25) is 0 Å². The van der Waals surface area contributed by atoms with Gasteiger partial charge in [-0.3, -0.25) is 0 Å². The van der Waals surface area contributed by atoms with Gasteiger partial charge in [-0.25, -0.2) is 0 Å². The van der Waals surface area contributed by atoms with E-state index >= 15 is 0 Å². The molecular weight excluding hydrogens is 214 g/mol. The molecular formula is C10H21NO5. The summed E-state index contributed by atoms with van der Waals surface area (Å²) < 4.78 is 26.9. The molecule has 0 bridgehead atoms. The van der Waals surface area contributed by atoms with Crippen molar-refractivity contribution in [3.8, 4) is 0 Å². The molecule has 1 heterocycles. The number of rotatable bonds is 5. The standard InChI is InChI=1S/C10H21NO5/c1-12-7-6(5-11)16-10(15-4)9(14-3)8(7)13-2/h6-10H,5,11H2,1-4H3/t6-,7-,8+,9+,10?/m1/s1. The number of nitrogens with two attached hydrogens (primary N) is 1. The SMILES string of the molecule is COC1O[C@H](CN)[C@@H](OC)[C@H](OC)[C@@H]1OC. The van der Waals surface area contributed by atoms with Gasteiger partial charge in [0.15, 0.2) is 6.29 Å². The first-order chi connectivity index (χ1) is 7.73. The van der Waals surface area contributed by atoms with Gasteiger partial charge >= 0.3 is 0 Å². The number of hydrogen-bond donors (Lipinski definition) is 1. The Morgan fingerprint density at radius 1 is 0.875 bits per heavy atom. The molecule has 0 aromatic carbocycles. The van der Waals surface area contributed by atoms with E-state index in [9.17, 15) is 0 Å². The predicted octanol–water partition coefficient (Wildman–Crippen LogP) is -0.639. The summed E-state index contributed by atoms with van der Waals surface area (Å²) in [5.41, 5.74) is 5.63. The third kappa shape index (κ3) is 2.53. The van der Waals surface area contributed by atoms with E-state index in [2.05, 4.69) is 0 Å². The summed E-state index contributed by atoms with van der Waals surface area (Å²) in [7, 11) is 6.35. The molecule has 1 saturated heterocycles. The monoisotopic (exact) mass is 235 g/mol. The molecule has 2 N–H and O–H groups in total. The lowest BCUT2D eigenvalue weighted by Gasteiger charge is -2.43. The van der Waals surface area contributed by atoms with Crippen LogP contribution in [0.2, 0.25) is 0 Å². The van der Waals surface area contributed by atoms with E-state index in [1.807, 2.05) is 0 Å². The molecule has 0 aliphatic carbocycles. The predicted molar refractivity (Wildman–Crippen MR) is 57.1 cm³/mol. The Bertz CT molecular complexity index is 186. The normalized spacial score (nSPS) is 39.9. The van der Waals surface area contributed by atoms with Crippen molar-refractivity contribution in [1.82, 2.24) is 0 Å². The van der Waals surface area contributed by atoms with E-state index in [-0.39, 0.29) is 24.4 Å². The van der Waals surface area contributed by atoms with Crippen molar-refractivity contribution in [2.75, 3.05) is 35.0 Å². The van der Waals surface area contributed by atoms with E-state index in [4.69, 9.17) is 29.4 Å². The van der Waals surface area contributed by atoms with Gasteiger partial charge in [-0.15, -0.1) is 0 Å². The second kappa shape index (κ2) is 6.48. The van der Waals surface area contributed by atoms with Gasteiger partial charge in [0, 0.05) is 35.0 Å². The van der Waals surface area contributed by atoms with Crippen LogP contribution in [0.25, 0.3) is 0 Å². The lowest BCUT2D eigenvalue weighted by Crippen LogP contribution is -2.61. The molecule has 0 aromatic rings. The summed E-state index contributed by atoms with van der Waals surface area (Å²) >= 11 is 0. The Kier molecular flexibility index (Phi) is 5.60. The molecule has 96 valence electrons. The molecule has 1 aliphatic heterocycles. The van der Waals surface area contributed by atoms with Crippen LogP contribution in [0.15, 0.2) is 0 Å². The van der Waals surface area contributed by atoms with Crippen LogP contribution >= 0.6 is 0 Å². The summed E-state index contributed by atoms with van der Waals surface area (Å²) in [6.07, 6.45) is -1.60. The minimum absolute atomic E-state index is 0.258. The zero-order chi connectivity index (χ0) is 12.1. The summed E-state index contributed by atoms with van der Waals surface area (Å²) in [5, 5.41) is 0. The highest BCUT2D eigenvalue weighted by Gasteiger charge is 2.46. The Morgan fingerprint density at radius 3 is 1.81 bits per heavy atom. The van der Waals surface area contributed by atoms with Crippen LogP contribution in [0, 0.1) is 0 Å². The quantitative estimate of drug-likeness (QED) is 0.683. The fraction of sp³-hybridized carbons (Fsp3) is 1.00. The van der Waals surface area contributed by atoms with Crippen LogP contribution in [-0.4, -0.2) is 65.7 Å². The topological polar surface area (TPSA) is 72.2 Å². The average molecular weight is 235 g/mol. The first kappa shape index (κ1) is 13.8. The van der Waals surface area contributed by atoms with E-state index in [0.29, 0.717) is 6.54 Å².